The molecule has 0 radical (unpaired) electrons. The molecule has 2 heterocycles. The summed E-state index contributed by atoms with van der Waals surface area (Å²) in [5.74, 6) is 0.891. The lowest BCUT2D eigenvalue weighted by molar-refractivity contribution is 0.0533. The first kappa shape index (κ1) is 12.4. The highest BCUT2D eigenvalue weighted by atomic mass is 35.5. The molecule has 5 nitrogen and oxygen atoms in total. The monoisotopic (exact) mass is 256 g/mol. The number of hydrogen-bond acceptors (Lipinski definition) is 5. The third-order valence-electron chi connectivity index (χ3n) is 3.14. The molecule has 1 aromatic rings. The summed E-state index contributed by atoms with van der Waals surface area (Å²) in [6, 6.07) is 0.00861. The average molecular weight is 257 g/mol. The van der Waals surface area contributed by atoms with Gasteiger partial charge < -0.3 is 15.7 Å². The van der Waals surface area contributed by atoms with Crippen LogP contribution in [-0.2, 0) is 0 Å². The van der Waals surface area contributed by atoms with Crippen LogP contribution >= 0.6 is 11.6 Å². The lowest BCUT2D eigenvalue weighted by atomic mass is 9.97. The van der Waals surface area contributed by atoms with Crippen LogP contribution in [0.15, 0.2) is 6.33 Å². The second-order valence-corrected chi connectivity index (χ2v) is 5.28. The topological polar surface area (TPSA) is 75.3 Å². The van der Waals surface area contributed by atoms with Crippen molar-refractivity contribution >= 4 is 23.2 Å². The first-order valence-electron chi connectivity index (χ1n) is 5.66. The molecule has 1 unspecified atom stereocenters. The van der Waals surface area contributed by atoms with Gasteiger partial charge in [-0.3, -0.25) is 0 Å². The van der Waals surface area contributed by atoms with Crippen LogP contribution in [0.4, 0.5) is 11.6 Å². The Bertz CT molecular complexity index is 418. The van der Waals surface area contributed by atoms with Gasteiger partial charge in [-0.05, 0) is 26.7 Å². The summed E-state index contributed by atoms with van der Waals surface area (Å²) in [5, 5.41) is 10.5. The van der Waals surface area contributed by atoms with Gasteiger partial charge in [-0.1, -0.05) is 11.6 Å². The second-order valence-electron chi connectivity index (χ2n) is 4.90. The number of hydrogen-bond donors (Lipinski definition) is 2. The van der Waals surface area contributed by atoms with E-state index in [0.29, 0.717) is 10.8 Å². The number of aliphatic hydroxyl groups is 1. The Balaban J connectivity index is 2.36. The summed E-state index contributed by atoms with van der Waals surface area (Å²) in [5.41, 5.74) is 4.88. The number of nitrogens with zero attached hydrogens (tertiary/aromatic N) is 3. The fraction of sp³-hybridized carbons (Fsp3) is 0.636. The summed E-state index contributed by atoms with van der Waals surface area (Å²) < 4.78 is 0. The molecule has 0 aliphatic carbocycles. The summed E-state index contributed by atoms with van der Waals surface area (Å²) in [7, 11) is 0. The molecule has 0 spiro atoms. The summed E-state index contributed by atoms with van der Waals surface area (Å²) in [6.45, 7) is 4.42. The van der Waals surface area contributed by atoms with E-state index in [-0.39, 0.29) is 11.9 Å². The lowest BCUT2D eigenvalue weighted by Gasteiger charge is -2.34. The van der Waals surface area contributed by atoms with Gasteiger partial charge in [-0.2, -0.15) is 0 Å². The minimum absolute atomic E-state index is 0.00861. The molecule has 0 aromatic carbocycles. The maximum atomic E-state index is 10.1. The van der Waals surface area contributed by atoms with E-state index in [1.807, 2.05) is 4.90 Å². The minimum Gasteiger partial charge on any atom is -0.388 e. The van der Waals surface area contributed by atoms with Crippen LogP contribution in [0.5, 0.6) is 0 Å². The third-order valence-corrected chi connectivity index (χ3v) is 3.50. The second kappa shape index (κ2) is 4.31. The molecule has 3 N–H and O–H groups in total. The Morgan fingerprint density at radius 1 is 1.53 bits per heavy atom. The van der Waals surface area contributed by atoms with Gasteiger partial charge in [0.15, 0.2) is 5.82 Å². The highest BCUT2D eigenvalue weighted by Gasteiger charge is 2.37. The SMILES string of the molecule is CC(C)(O)C1CCCN1c1ncnc(N)c1Cl. The van der Waals surface area contributed by atoms with Gasteiger partial charge in [0, 0.05) is 6.54 Å². The molecule has 0 amide bonds. The summed E-state index contributed by atoms with van der Waals surface area (Å²) in [4.78, 5) is 10.0. The van der Waals surface area contributed by atoms with E-state index in [0.717, 1.165) is 19.4 Å². The van der Waals surface area contributed by atoms with Gasteiger partial charge in [0.2, 0.25) is 0 Å². The van der Waals surface area contributed by atoms with Crippen molar-refractivity contribution in [1.29, 1.82) is 0 Å². The molecule has 1 aromatic heterocycles. The van der Waals surface area contributed by atoms with Crippen molar-refractivity contribution in [3.8, 4) is 0 Å². The van der Waals surface area contributed by atoms with Crippen molar-refractivity contribution in [2.24, 2.45) is 0 Å². The first-order chi connectivity index (χ1) is 7.91. The zero-order valence-corrected chi connectivity index (χ0v) is 10.8. The van der Waals surface area contributed by atoms with E-state index >= 15 is 0 Å². The van der Waals surface area contributed by atoms with Crippen LogP contribution in [0.1, 0.15) is 26.7 Å². The molecule has 1 fully saturated rings. The van der Waals surface area contributed by atoms with E-state index in [2.05, 4.69) is 9.97 Å². The summed E-state index contributed by atoms with van der Waals surface area (Å²) >= 11 is 6.12. The van der Waals surface area contributed by atoms with E-state index in [1.54, 1.807) is 13.8 Å². The lowest BCUT2D eigenvalue weighted by Crippen LogP contribution is -2.46. The van der Waals surface area contributed by atoms with Crippen LogP contribution in [0.3, 0.4) is 0 Å². The molecular weight excluding hydrogens is 240 g/mol. The maximum absolute atomic E-state index is 10.1. The Labute approximate surface area is 106 Å². The molecule has 94 valence electrons. The van der Waals surface area contributed by atoms with E-state index in [9.17, 15) is 5.11 Å². The quantitative estimate of drug-likeness (QED) is 0.838. The molecule has 1 atom stereocenters. The van der Waals surface area contributed by atoms with Crippen molar-refractivity contribution in [3.63, 3.8) is 0 Å². The Morgan fingerprint density at radius 2 is 2.24 bits per heavy atom. The Hall–Kier alpha value is -1.07. The van der Waals surface area contributed by atoms with E-state index < -0.39 is 5.60 Å². The van der Waals surface area contributed by atoms with Crippen LogP contribution < -0.4 is 10.6 Å². The summed E-state index contributed by atoms with van der Waals surface area (Å²) in [6.07, 6.45) is 3.33. The Morgan fingerprint density at radius 3 is 2.88 bits per heavy atom. The molecule has 0 bridgehead atoms. The molecule has 6 heteroatoms. The highest BCUT2D eigenvalue weighted by molar-refractivity contribution is 6.35. The Kier molecular flexibility index (Phi) is 3.14. The van der Waals surface area contributed by atoms with Gasteiger partial charge in [0.05, 0.1) is 11.6 Å². The average Bonchev–Trinajstić information content (AvgIpc) is 2.70. The van der Waals surface area contributed by atoms with Gasteiger partial charge in [-0.25, -0.2) is 9.97 Å². The fourth-order valence-corrected chi connectivity index (χ4v) is 2.53. The normalized spacial score (nSPS) is 20.9. The minimum atomic E-state index is -0.792. The number of nitrogens with two attached hydrogens (primary N) is 1. The number of halogens is 1. The van der Waals surface area contributed by atoms with Gasteiger partial charge in [-0.15, -0.1) is 0 Å². The molecule has 2 rings (SSSR count). The van der Waals surface area contributed by atoms with Crippen molar-refractivity contribution in [3.05, 3.63) is 11.3 Å². The van der Waals surface area contributed by atoms with E-state index in [1.165, 1.54) is 6.33 Å². The number of anilines is 2. The van der Waals surface area contributed by atoms with Crippen molar-refractivity contribution < 1.29 is 5.11 Å². The predicted octanol–water partition coefficient (Wildman–Crippen LogP) is 1.45. The van der Waals surface area contributed by atoms with Gasteiger partial charge in [0.1, 0.15) is 17.2 Å². The molecule has 17 heavy (non-hydrogen) atoms. The zero-order valence-electron chi connectivity index (χ0n) is 10.0. The molecular formula is C11H17ClN4O. The molecule has 1 aliphatic heterocycles. The van der Waals surface area contributed by atoms with Crippen molar-refractivity contribution in [2.75, 3.05) is 17.2 Å². The highest BCUT2D eigenvalue weighted by Crippen LogP contribution is 2.35. The van der Waals surface area contributed by atoms with Gasteiger partial charge in [0.25, 0.3) is 0 Å². The molecule has 0 saturated carbocycles. The van der Waals surface area contributed by atoms with Crippen molar-refractivity contribution in [2.45, 2.75) is 38.3 Å². The van der Waals surface area contributed by atoms with Crippen LogP contribution in [-0.4, -0.2) is 33.3 Å². The fourth-order valence-electron chi connectivity index (χ4n) is 2.33. The third kappa shape index (κ3) is 2.30. The number of nitrogen functional groups attached to an aromatic ring is 1. The number of aromatic nitrogens is 2. The smallest absolute Gasteiger partial charge is 0.153 e. The first-order valence-corrected chi connectivity index (χ1v) is 6.04. The van der Waals surface area contributed by atoms with Crippen LogP contribution in [0.25, 0.3) is 0 Å². The van der Waals surface area contributed by atoms with E-state index in [4.69, 9.17) is 17.3 Å². The number of rotatable bonds is 2. The van der Waals surface area contributed by atoms with Gasteiger partial charge >= 0.3 is 0 Å². The van der Waals surface area contributed by atoms with Crippen LogP contribution in [0, 0.1) is 0 Å². The maximum Gasteiger partial charge on any atom is 0.153 e. The van der Waals surface area contributed by atoms with Crippen molar-refractivity contribution in [1.82, 2.24) is 9.97 Å². The predicted molar refractivity (Wildman–Crippen MR) is 68.1 cm³/mol. The zero-order chi connectivity index (χ0) is 12.6. The standard InChI is InChI=1S/C11H17ClN4O/c1-11(2,17)7-4-3-5-16(7)10-8(12)9(13)14-6-15-10/h6-7,17H,3-5H2,1-2H3,(H2,13,14,15). The molecule has 1 saturated heterocycles. The molecule has 1 aliphatic rings. The largest absolute Gasteiger partial charge is 0.388 e. The van der Waals surface area contributed by atoms with Crippen LogP contribution in [0.2, 0.25) is 5.02 Å².